The molecule has 0 radical (unpaired) electrons. The highest BCUT2D eigenvalue weighted by Gasteiger charge is 2.48. The Kier molecular flexibility index (Phi) is 47.2. The van der Waals surface area contributed by atoms with Crippen molar-refractivity contribution in [1.29, 1.82) is 0 Å². The Bertz CT molecular complexity index is 1430. The highest BCUT2D eigenvalue weighted by atomic mass is 32.3. The van der Waals surface area contributed by atoms with E-state index in [2.05, 4.69) is 66.6 Å². The lowest BCUT2D eigenvalue weighted by molar-refractivity contribution is -0.301. The van der Waals surface area contributed by atoms with Gasteiger partial charge in [-0.15, -0.1) is 0 Å². The molecular weight excluding hydrogens is 933 g/mol. The van der Waals surface area contributed by atoms with Crippen LogP contribution in [0.4, 0.5) is 0 Å². The molecule has 4 N–H and O–H groups in total. The Hall–Kier alpha value is -1.94. The molecule has 1 saturated heterocycles. The van der Waals surface area contributed by atoms with Crippen molar-refractivity contribution in [2.24, 2.45) is 0 Å². The summed E-state index contributed by atoms with van der Waals surface area (Å²) < 4.78 is 59.5. The maximum atomic E-state index is 13.0. The monoisotopic (exact) mass is 1040 g/mol. The molecule has 12 nitrogen and oxygen atoms in total. The van der Waals surface area contributed by atoms with Crippen molar-refractivity contribution in [3.8, 4) is 0 Å². The van der Waals surface area contributed by atoms with Gasteiger partial charge in [0, 0.05) is 13.0 Å². The van der Waals surface area contributed by atoms with Gasteiger partial charge in [-0.1, -0.05) is 249 Å². The highest BCUT2D eigenvalue weighted by Crippen LogP contribution is 2.26. The lowest BCUT2D eigenvalue weighted by Gasteiger charge is -2.41. The van der Waals surface area contributed by atoms with E-state index in [-0.39, 0.29) is 19.6 Å². The number of allylic oxidation sites excluding steroid dienone is 8. The Labute approximate surface area is 440 Å². The number of aliphatic hydroxyl groups is 3. The Morgan fingerprint density at radius 3 is 1.40 bits per heavy atom. The molecule has 0 saturated carbocycles. The molecule has 0 aliphatic carbocycles. The summed E-state index contributed by atoms with van der Waals surface area (Å²) in [6, 6.07) is 0. The molecule has 0 spiro atoms. The fourth-order valence-corrected chi connectivity index (χ4v) is 9.59. The molecule has 1 rings (SSSR count). The molecule has 0 aromatic carbocycles. The molecule has 422 valence electrons. The second-order valence-corrected chi connectivity index (χ2v) is 21.3. The van der Waals surface area contributed by atoms with E-state index >= 15 is 0 Å². The molecule has 1 aliphatic rings. The molecule has 0 bridgehead atoms. The molecule has 72 heavy (non-hydrogen) atoms. The van der Waals surface area contributed by atoms with Crippen LogP contribution in [0.15, 0.2) is 48.6 Å². The quantitative estimate of drug-likeness (QED) is 0.0196. The third kappa shape index (κ3) is 42.3. The Morgan fingerprint density at radius 2 is 0.958 bits per heavy atom. The largest absolute Gasteiger partial charge is 0.457 e. The van der Waals surface area contributed by atoms with Crippen molar-refractivity contribution >= 4 is 16.4 Å². The lowest BCUT2D eigenvalue weighted by Crippen LogP contribution is -2.60. The van der Waals surface area contributed by atoms with Gasteiger partial charge in [0.1, 0.15) is 30.5 Å². The fourth-order valence-electron chi connectivity index (χ4n) is 9.08. The minimum absolute atomic E-state index is 0.0377. The van der Waals surface area contributed by atoms with Crippen LogP contribution in [0.3, 0.4) is 0 Å². The first-order chi connectivity index (χ1) is 35.1. The van der Waals surface area contributed by atoms with Crippen LogP contribution in [0, 0.1) is 0 Å². The smallest absolute Gasteiger partial charge is 0.397 e. The topological polar surface area (TPSA) is 178 Å². The van der Waals surface area contributed by atoms with Crippen LogP contribution < -0.4 is 0 Å². The maximum Gasteiger partial charge on any atom is 0.397 e. The SMILES string of the molecule is CC/C=C\C/C=C\C/C=C\C/C=C\CCCCCCCCCCCCCCCOCC(COC1OC(CO)C(O)C(OS(=O)(=O)O)C1O)OC(=O)CCCCCCCCCCCCCCCCCCCCC. The lowest BCUT2D eigenvalue weighted by atomic mass is 9.99. The van der Waals surface area contributed by atoms with Gasteiger partial charge >= 0.3 is 16.4 Å². The van der Waals surface area contributed by atoms with E-state index in [1.165, 1.54) is 167 Å². The summed E-state index contributed by atoms with van der Waals surface area (Å²) in [6.07, 6.45) is 54.3. The minimum atomic E-state index is -5.07. The van der Waals surface area contributed by atoms with E-state index < -0.39 is 59.8 Å². The summed E-state index contributed by atoms with van der Waals surface area (Å²) in [5.41, 5.74) is 0. The van der Waals surface area contributed by atoms with Crippen molar-refractivity contribution in [2.45, 2.75) is 295 Å². The van der Waals surface area contributed by atoms with E-state index in [1.54, 1.807) is 0 Å². The standard InChI is InChI=1S/C59H108O12S/c1-3-5-7-9-11-13-15-17-19-21-23-24-25-26-27-28-29-31-33-35-37-39-41-43-45-47-49-67-51-53(52-68-59-57(63)58(71-72(64,65)66)56(62)54(50-60)70-59)69-55(61)48-46-44-42-40-38-36-34-32-30-22-20-18-16-14-12-10-8-6-4-2/h5,7,11,13,17,19,23-24,53-54,56-60,62-63H,3-4,6,8-10,12,14-16,18,20-22,25-52H2,1-2H3,(H,64,65,66)/b7-5-,13-11-,19-17-,24-23-. The molecular formula is C59H108O12S. The van der Waals surface area contributed by atoms with Crippen molar-refractivity contribution < 1.29 is 56.2 Å². The number of esters is 1. The summed E-state index contributed by atoms with van der Waals surface area (Å²) in [5.74, 6) is -0.394. The van der Waals surface area contributed by atoms with Gasteiger partial charge < -0.3 is 34.3 Å². The first kappa shape index (κ1) is 68.1. The number of carbonyl (C=O) groups excluding carboxylic acids is 1. The van der Waals surface area contributed by atoms with Crippen LogP contribution in [-0.2, 0) is 38.3 Å². The van der Waals surface area contributed by atoms with Crippen LogP contribution in [0.5, 0.6) is 0 Å². The number of hydrogen-bond donors (Lipinski definition) is 4. The molecule has 0 aromatic rings. The molecule has 0 aromatic heterocycles. The van der Waals surface area contributed by atoms with Crippen molar-refractivity contribution in [2.75, 3.05) is 26.4 Å². The summed E-state index contributed by atoms with van der Waals surface area (Å²) in [7, 11) is -5.07. The van der Waals surface area contributed by atoms with Crippen molar-refractivity contribution in [3.63, 3.8) is 0 Å². The van der Waals surface area contributed by atoms with Gasteiger partial charge in [0.05, 0.1) is 19.8 Å². The zero-order chi connectivity index (χ0) is 52.4. The van der Waals surface area contributed by atoms with Crippen LogP contribution in [0.1, 0.15) is 258 Å². The molecule has 1 aliphatic heterocycles. The van der Waals surface area contributed by atoms with E-state index in [0.29, 0.717) is 13.0 Å². The summed E-state index contributed by atoms with van der Waals surface area (Å²) in [5, 5.41) is 30.9. The van der Waals surface area contributed by atoms with Crippen LogP contribution in [0.2, 0.25) is 0 Å². The molecule has 6 unspecified atom stereocenters. The van der Waals surface area contributed by atoms with Crippen molar-refractivity contribution in [3.05, 3.63) is 48.6 Å². The number of hydrogen-bond acceptors (Lipinski definition) is 11. The highest BCUT2D eigenvalue weighted by molar-refractivity contribution is 7.80. The Balaban J connectivity index is 2.27. The summed E-state index contributed by atoms with van der Waals surface area (Å²) in [6.45, 7) is 3.93. The van der Waals surface area contributed by atoms with Gasteiger partial charge in [-0.3, -0.25) is 9.35 Å². The van der Waals surface area contributed by atoms with Crippen LogP contribution in [0.25, 0.3) is 0 Å². The summed E-state index contributed by atoms with van der Waals surface area (Å²) in [4.78, 5) is 13.0. The number of unbranched alkanes of at least 4 members (excludes halogenated alkanes) is 31. The van der Waals surface area contributed by atoms with Crippen molar-refractivity contribution in [1.82, 2.24) is 0 Å². The number of ether oxygens (including phenoxy) is 4. The maximum absolute atomic E-state index is 13.0. The molecule has 1 heterocycles. The van der Waals surface area contributed by atoms with Gasteiger partial charge in [-0.05, 0) is 51.4 Å². The predicted molar refractivity (Wildman–Crippen MR) is 294 cm³/mol. The average Bonchev–Trinajstić information content (AvgIpc) is 3.36. The molecule has 0 amide bonds. The number of rotatable bonds is 52. The van der Waals surface area contributed by atoms with E-state index in [4.69, 9.17) is 18.9 Å². The first-order valence-electron chi connectivity index (χ1n) is 29.4. The van der Waals surface area contributed by atoms with Crippen LogP contribution in [-0.4, -0.2) is 97.5 Å². The van der Waals surface area contributed by atoms with Gasteiger partial charge in [0.15, 0.2) is 6.29 Å². The van der Waals surface area contributed by atoms with Crippen LogP contribution >= 0.6 is 0 Å². The van der Waals surface area contributed by atoms with E-state index in [9.17, 15) is 33.1 Å². The normalized spacial score (nSPS) is 19.2. The summed E-state index contributed by atoms with van der Waals surface area (Å²) >= 11 is 0. The zero-order valence-electron chi connectivity index (χ0n) is 45.7. The van der Waals surface area contributed by atoms with E-state index in [1.807, 2.05) is 0 Å². The van der Waals surface area contributed by atoms with Gasteiger partial charge in [-0.25, -0.2) is 4.18 Å². The zero-order valence-corrected chi connectivity index (χ0v) is 46.6. The van der Waals surface area contributed by atoms with Gasteiger partial charge in [-0.2, -0.15) is 8.42 Å². The molecule has 13 heteroatoms. The Morgan fingerprint density at radius 1 is 0.542 bits per heavy atom. The number of carbonyl (C=O) groups is 1. The van der Waals surface area contributed by atoms with Gasteiger partial charge in [0.2, 0.25) is 0 Å². The molecule has 6 atom stereocenters. The second kappa shape index (κ2) is 49.9. The first-order valence-corrected chi connectivity index (χ1v) is 30.8. The van der Waals surface area contributed by atoms with E-state index in [0.717, 1.165) is 64.2 Å². The third-order valence-electron chi connectivity index (χ3n) is 13.5. The molecule has 1 fully saturated rings. The third-order valence-corrected chi connectivity index (χ3v) is 13.9. The van der Waals surface area contributed by atoms with Gasteiger partial charge in [0.25, 0.3) is 0 Å². The predicted octanol–water partition coefficient (Wildman–Crippen LogP) is 14.6. The minimum Gasteiger partial charge on any atom is -0.457 e. The second-order valence-electron chi connectivity index (χ2n) is 20.2. The number of aliphatic hydroxyl groups excluding tert-OH is 3. The fraction of sp³-hybridized carbons (Fsp3) is 0.847. The average molecular weight is 1040 g/mol.